The molecule has 3 rings (SSSR count). The average Bonchev–Trinajstić information content (AvgIpc) is 2.80. The van der Waals surface area contributed by atoms with Gasteiger partial charge in [-0.25, -0.2) is 8.42 Å². The molecule has 9 nitrogen and oxygen atoms in total. The molecule has 1 saturated heterocycles. The van der Waals surface area contributed by atoms with Crippen molar-refractivity contribution in [3.63, 3.8) is 0 Å². The SMILES string of the molecule is CCN(CC)S(=O)(=O)c1ccc(N2CCN(Cc3cccc(C#N)c3)CC2)c([N+](=O)[O-])c1. The van der Waals surface area contributed by atoms with Crippen molar-refractivity contribution in [2.45, 2.75) is 25.3 Å². The fraction of sp³-hybridized carbons (Fsp3) is 0.409. The molecule has 0 amide bonds. The molecule has 0 atom stereocenters. The van der Waals surface area contributed by atoms with E-state index in [2.05, 4.69) is 11.0 Å². The van der Waals surface area contributed by atoms with E-state index in [1.54, 1.807) is 26.0 Å². The Morgan fingerprint density at radius 1 is 1.09 bits per heavy atom. The maximum Gasteiger partial charge on any atom is 0.293 e. The number of nitro groups is 1. The zero-order chi connectivity index (χ0) is 23.3. The van der Waals surface area contributed by atoms with Crippen molar-refractivity contribution < 1.29 is 13.3 Å². The van der Waals surface area contributed by atoms with E-state index in [1.807, 2.05) is 23.1 Å². The number of piperazine rings is 1. The number of anilines is 1. The van der Waals surface area contributed by atoms with Gasteiger partial charge in [0.2, 0.25) is 10.0 Å². The Kier molecular flexibility index (Phi) is 7.45. The van der Waals surface area contributed by atoms with E-state index < -0.39 is 14.9 Å². The molecule has 1 aliphatic rings. The Morgan fingerprint density at radius 3 is 2.38 bits per heavy atom. The summed E-state index contributed by atoms with van der Waals surface area (Å²) in [6.45, 7) is 7.34. The quantitative estimate of drug-likeness (QED) is 0.443. The van der Waals surface area contributed by atoms with Gasteiger partial charge in [0, 0.05) is 51.9 Å². The van der Waals surface area contributed by atoms with Gasteiger partial charge >= 0.3 is 0 Å². The standard InChI is InChI=1S/C22H27N5O4S/c1-3-26(4-2)32(30,31)20-8-9-21(22(15-20)27(28)29)25-12-10-24(11-13-25)17-19-7-5-6-18(14-19)16-23/h5-9,14-15H,3-4,10-13,17H2,1-2H3. The van der Waals surface area contributed by atoms with E-state index in [0.717, 1.165) is 5.56 Å². The van der Waals surface area contributed by atoms with Crippen LogP contribution in [0.25, 0.3) is 0 Å². The van der Waals surface area contributed by atoms with E-state index in [-0.39, 0.29) is 10.6 Å². The van der Waals surface area contributed by atoms with Crippen LogP contribution in [0.4, 0.5) is 11.4 Å². The van der Waals surface area contributed by atoms with Crippen LogP contribution in [0.15, 0.2) is 47.4 Å². The predicted molar refractivity (Wildman–Crippen MR) is 122 cm³/mol. The van der Waals surface area contributed by atoms with Gasteiger partial charge in [-0.3, -0.25) is 15.0 Å². The molecular weight excluding hydrogens is 430 g/mol. The van der Waals surface area contributed by atoms with Crippen LogP contribution in [0.2, 0.25) is 0 Å². The number of rotatable bonds is 8. The minimum Gasteiger partial charge on any atom is -0.363 e. The Balaban J connectivity index is 1.76. The normalized spacial score (nSPS) is 15.0. The Bertz CT molecular complexity index is 1120. The summed E-state index contributed by atoms with van der Waals surface area (Å²) in [5.74, 6) is 0. The molecule has 170 valence electrons. The second-order valence-electron chi connectivity index (χ2n) is 7.57. The number of sulfonamides is 1. The highest BCUT2D eigenvalue weighted by Gasteiger charge is 2.28. The van der Waals surface area contributed by atoms with Gasteiger partial charge in [-0.15, -0.1) is 0 Å². The van der Waals surface area contributed by atoms with Gasteiger partial charge in [0.25, 0.3) is 5.69 Å². The second kappa shape index (κ2) is 10.1. The monoisotopic (exact) mass is 457 g/mol. The maximum atomic E-state index is 12.8. The van der Waals surface area contributed by atoms with Gasteiger partial charge in [-0.05, 0) is 29.8 Å². The first-order valence-corrected chi connectivity index (χ1v) is 12.0. The lowest BCUT2D eigenvalue weighted by Crippen LogP contribution is -2.46. The number of benzene rings is 2. The third-order valence-electron chi connectivity index (χ3n) is 5.66. The zero-order valence-corrected chi connectivity index (χ0v) is 19.1. The fourth-order valence-electron chi connectivity index (χ4n) is 3.93. The third-order valence-corrected chi connectivity index (χ3v) is 7.71. The Morgan fingerprint density at radius 2 is 1.78 bits per heavy atom. The smallest absolute Gasteiger partial charge is 0.293 e. The predicted octanol–water partition coefficient (Wildman–Crippen LogP) is 2.82. The Labute approximate surface area is 188 Å². The van der Waals surface area contributed by atoms with Gasteiger partial charge in [-0.1, -0.05) is 26.0 Å². The number of nitrogens with zero attached hydrogens (tertiary/aromatic N) is 5. The van der Waals surface area contributed by atoms with Crippen molar-refractivity contribution in [3.05, 3.63) is 63.7 Å². The van der Waals surface area contributed by atoms with Crippen LogP contribution < -0.4 is 4.90 Å². The molecule has 1 heterocycles. The first-order valence-electron chi connectivity index (χ1n) is 10.5. The number of nitro benzene ring substituents is 1. The number of nitriles is 1. The second-order valence-corrected chi connectivity index (χ2v) is 9.51. The van der Waals surface area contributed by atoms with Crippen LogP contribution in [0.1, 0.15) is 25.0 Å². The van der Waals surface area contributed by atoms with Gasteiger partial charge in [0.1, 0.15) is 5.69 Å². The zero-order valence-electron chi connectivity index (χ0n) is 18.3. The van der Waals surface area contributed by atoms with E-state index in [1.165, 1.54) is 16.4 Å². The molecule has 2 aromatic rings. The van der Waals surface area contributed by atoms with Crippen molar-refractivity contribution in [3.8, 4) is 6.07 Å². The van der Waals surface area contributed by atoms with Crippen molar-refractivity contribution in [2.75, 3.05) is 44.2 Å². The molecule has 0 aromatic heterocycles. The van der Waals surface area contributed by atoms with Crippen LogP contribution in [-0.2, 0) is 16.6 Å². The molecule has 0 bridgehead atoms. The summed E-state index contributed by atoms with van der Waals surface area (Å²) in [7, 11) is -3.77. The first kappa shape index (κ1) is 23.7. The van der Waals surface area contributed by atoms with E-state index in [4.69, 9.17) is 5.26 Å². The largest absolute Gasteiger partial charge is 0.363 e. The lowest BCUT2D eigenvalue weighted by Gasteiger charge is -2.36. The van der Waals surface area contributed by atoms with Crippen LogP contribution in [0, 0.1) is 21.4 Å². The summed E-state index contributed by atoms with van der Waals surface area (Å²) in [5, 5.41) is 20.8. The lowest BCUT2D eigenvalue weighted by molar-refractivity contribution is -0.384. The van der Waals surface area contributed by atoms with Crippen LogP contribution in [0.3, 0.4) is 0 Å². The highest BCUT2D eigenvalue weighted by molar-refractivity contribution is 7.89. The van der Waals surface area contributed by atoms with E-state index >= 15 is 0 Å². The molecular formula is C22H27N5O4S. The summed E-state index contributed by atoms with van der Waals surface area (Å²) in [6.07, 6.45) is 0. The van der Waals surface area contributed by atoms with Crippen molar-refractivity contribution in [2.24, 2.45) is 0 Å². The van der Waals surface area contributed by atoms with Gasteiger partial charge in [0.15, 0.2) is 0 Å². The first-order chi connectivity index (χ1) is 15.3. The molecule has 1 aliphatic heterocycles. The molecule has 0 radical (unpaired) electrons. The molecule has 0 aliphatic carbocycles. The molecule has 2 aromatic carbocycles. The minimum atomic E-state index is -3.77. The van der Waals surface area contributed by atoms with Crippen LogP contribution in [-0.4, -0.2) is 61.8 Å². The summed E-state index contributed by atoms with van der Waals surface area (Å²) in [6, 6.07) is 13.8. The maximum absolute atomic E-state index is 12.8. The Hall–Kier alpha value is -3.00. The fourth-order valence-corrected chi connectivity index (χ4v) is 5.41. The van der Waals surface area contributed by atoms with Gasteiger partial charge < -0.3 is 4.90 Å². The van der Waals surface area contributed by atoms with E-state index in [9.17, 15) is 18.5 Å². The molecule has 0 unspecified atom stereocenters. The van der Waals surface area contributed by atoms with Crippen LogP contribution >= 0.6 is 0 Å². The summed E-state index contributed by atoms with van der Waals surface area (Å²) in [5.41, 5.74) is 1.90. The molecule has 10 heteroatoms. The summed E-state index contributed by atoms with van der Waals surface area (Å²) >= 11 is 0. The highest BCUT2D eigenvalue weighted by atomic mass is 32.2. The van der Waals surface area contributed by atoms with Crippen molar-refractivity contribution in [1.29, 1.82) is 5.26 Å². The highest BCUT2D eigenvalue weighted by Crippen LogP contribution is 2.32. The topological polar surface area (TPSA) is 111 Å². The van der Waals surface area contributed by atoms with Gasteiger partial charge in [0.05, 0.1) is 21.5 Å². The summed E-state index contributed by atoms with van der Waals surface area (Å²) < 4.78 is 26.8. The van der Waals surface area contributed by atoms with Crippen molar-refractivity contribution >= 4 is 21.4 Å². The van der Waals surface area contributed by atoms with Crippen molar-refractivity contribution in [1.82, 2.24) is 9.21 Å². The molecule has 0 spiro atoms. The van der Waals surface area contributed by atoms with E-state index in [0.29, 0.717) is 57.1 Å². The molecule has 0 N–H and O–H groups in total. The molecule has 0 saturated carbocycles. The molecule has 32 heavy (non-hydrogen) atoms. The minimum absolute atomic E-state index is 0.0624. The summed E-state index contributed by atoms with van der Waals surface area (Å²) in [4.78, 5) is 15.3. The number of hydrogen-bond acceptors (Lipinski definition) is 7. The average molecular weight is 458 g/mol. The molecule has 1 fully saturated rings. The van der Waals surface area contributed by atoms with Crippen LogP contribution in [0.5, 0.6) is 0 Å². The number of hydrogen-bond donors (Lipinski definition) is 0. The third kappa shape index (κ3) is 5.07. The lowest BCUT2D eigenvalue weighted by atomic mass is 10.1. The van der Waals surface area contributed by atoms with Gasteiger partial charge in [-0.2, -0.15) is 9.57 Å².